The number of carbonyl (C=O) groups is 2. The quantitative estimate of drug-likeness (QED) is 0.259. The summed E-state index contributed by atoms with van der Waals surface area (Å²) in [7, 11) is 0. The smallest absolute Gasteiger partial charge is 0.270 e. The van der Waals surface area contributed by atoms with Crippen molar-refractivity contribution in [2.24, 2.45) is 0 Å². The lowest BCUT2D eigenvalue weighted by Gasteiger charge is -2.29. The van der Waals surface area contributed by atoms with Crippen molar-refractivity contribution in [2.45, 2.75) is 6.92 Å². The minimum Gasteiger partial charge on any atom is -0.494 e. The Morgan fingerprint density at radius 3 is 2.56 bits per heavy atom. The van der Waals surface area contributed by atoms with Crippen LogP contribution in [-0.4, -0.2) is 28.1 Å². The molecule has 2 amide bonds. The van der Waals surface area contributed by atoms with Crippen molar-refractivity contribution in [1.29, 1.82) is 0 Å². The number of hydrogen-bond acceptors (Lipinski definition) is 4. The lowest BCUT2D eigenvalue weighted by molar-refractivity contribution is -0.122. The summed E-state index contributed by atoms with van der Waals surface area (Å²) >= 11 is 5.32. The predicted octanol–water partition coefficient (Wildman–Crippen LogP) is 4.86. The summed E-state index contributed by atoms with van der Waals surface area (Å²) in [6.45, 7) is 2.38. The van der Waals surface area contributed by atoms with Gasteiger partial charge in [-0.15, -0.1) is 0 Å². The highest BCUT2D eigenvalue weighted by atomic mass is 32.1. The van der Waals surface area contributed by atoms with E-state index < -0.39 is 11.8 Å². The minimum atomic E-state index is -0.529. The maximum absolute atomic E-state index is 13.4. The van der Waals surface area contributed by atoms with Gasteiger partial charge >= 0.3 is 0 Å². The Kier molecular flexibility index (Phi) is 5.69. The van der Waals surface area contributed by atoms with Crippen molar-refractivity contribution < 1.29 is 14.3 Å². The van der Waals surface area contributed by atoms with Gasteiger partial charge in [-0.1, -0.05) is 36.4 Å². The van der Waals surface area contributed by atoms with Gasteiger partial charge in [0, 0.05) is 23.6 Å². The van der Waals surface area contributed by atoms with Crippen LogP contribution in [0.25, 0.3) is 22.5 Å². The summed E-state index contributed by atoms with van der Waals surface area (Å²) in [5, 5.41) is 4.91. The lowest BCUT2D eigenvalue weighted by Crippen LogP contribution is -2.54. The fourth-order valence-corrected chi connectivity index (χ4v) is 4.27. The number of benzene rings is 3. The molecule has 4 aromatic rings. The van der Waals surface area contributed by atoms with E-state index in [1.807, 2.05) is 60.2 Å². The van der Waals surface area contributed by atoms with Crippen LogP contribution in [0.4, 0.5) is 5.69 Å². The highest BCUT2D eigenvalue weighted by Crippen LogP contribution is 2.27. The van der Waals surface area contributed by atoms with Crippen LogP contribution in [-0.2, 0) is 9.59 Å². The molecule has 1 aliphatic heterocycles. The van der Waals surface area contributed by atoms with Crippen LogP contribution in [0.3, 0.4) is 0 Å². The Morgan fingerprint density at radius 1 is 0.912 bits per heavy atom. The zero-order chi connectivity index (χ0) is 23.7. The van der Waals surface area contributed by atoms with Gasteiger partial charge in [0.2, 0.25) is 0 Å². The number of nitrogens with zero attached hydrogens (tertiary/aromatic N) is 2. The van der Waals surface area contributed by atoms with Crippen LogP contribution in [0.5, 0.6) is 5.75 Å². The average Bonchev–Trinajstić information content (AvgIpc) is 3.30. The average molecular weight is 468 g/mol. The van der Waals surface area contributed by atoms with Gasteiger partial charge in [0.05, 0.1) is 12.3 Å². The van der Waals surface area contributed by atoms with Crippen molar-refractivity contribution in [1.82, 2.24) is 9.88 Å². The first-order chi connectivity index (χ1) is 16.5. The summed E-state index contributed by atoms with van der Waals surface area (Å²) in [6, 6.07) is 25.0. The molecule has 2 heterocycles. The molecule has 34 heavy (non-hydrogen) atoms. The van der Waals surface area contributed by atoms with Gasteiger partial charge in [0.1, 0.15) is 11.3 Å². The fraction of sp³-hybridized carbons (Fsp3) is 0.0741. The first kappa shape index (κ1) is 21.6. The molecule has 0 radical (unpaired) electrons. The molecule has 168 valence electrons. The molecule has 7 heteroatoms. The SMILES string of the molecule is CCOc1cccc(N2C(=O)/C(=C/c3cccn3-c3ccc4ccccc4c3)C(=O)NC2=S)c1. The Hall–Kier alpha value is -4.23. The first-order valence-corrected chi connectivity index (χ1v) is 11.3. The zero-order valence-electron chi connectivity index (χ0n) is 18.4. The summed E-state index contributed by atoms with van der Waals surface area (Å²) in [4.78, 5) is 27.5. The molecule has 1 N–H and O–H groups in total. The van der Waals surface area contributed by atoms with Gasteiger partial charge in [0.15, 0.2) is 5.11 Å². The third kappa shape index (κ3) is 3.97. The van der Waals surface area contributed by atoms with Gasteiger partial charge in [-0.3, -0.25) is 19.8 Å². The van der Waals surface area contributed by atoms with Crippen LogP contribution in [0.15, 0.2) is 90.6 Å². The minimum absolute atomic E-state index is 0.00356. The number of aromatic nitrogens is 1. The second kappa shape index (κ2) is 8.96. The van der Waals surface area contributed by atoms with Gasteiger partial charge < -0.3 is 9.30 Å². The molecule has 3 aromatic carbocycles. The topological polar surface area (TPSA) is 63.6 Å². The third-order valence-electron chi connectivity index (χ3n) is 5.57. The molecular formula is C27H21N3O3S. The van der Waals surface area contributed by atoms with E-state index in [2.05, 4.69) is 17.4 Å². The van der Waals surface area contributed by atoms with Crippen LogP contribution in [0.1, 0.15) is 12.6 Å². The molecule has 0 spiro atoms. The molecule has 1 aliphatic rings. The Labute approximate surface area is 202 Å². The molecule has 1 saturated heterocycles. The number of rotatable bonds is 5. The maximum Gasteiger partial charge on any atom is 0.270 e. The fourth-order valence-electron chi connectivity index (χ4n) is 3.99. The molecule has 6 nitrogen and oxygen atoms in total. The normalized spacial score (nSPS) is 15.1. The van der Waals surface area contributed by atoms with E-state index in [0.29, 0.717) is 23.7 Å². The van der Waals surface area contributed by atoms with E-state index in [4.69, 9.17) is 17.0 Å². The molecule has 0 aliphatic carbocycles. The lowest BCUT2D eigenvalue weighted by atomic mass is 10.1. The summed E-state index contributed by atoms with van der Waals surface area (Å²) < 4.78 is 7.49. The number of carbonyl (C=O) groups excluding carboxylic acids is 2. The monoisotopic (exact) mass is 467 g/mol. The van der Waals surface area contributed by atoms with Crippen LogP contribution in [0, 0.1) is 0 Å². The molecule has 0 unspecified atom stereocenters. The first-order valence-electron chi connectivity index (χ1n) is 10.9. The van der Waals surface area contributed by atoms with Crippen LogP contribution >= 0.6 is 12.2 Å². The second-order valence-electron chi connectivity index (χ2n) is 7.72. The van der Waals surface area contributed by atoms with Crippen molar-refractivity contribution in [2.75, 3.05) is 11.5 Å². The number of nitrogens with one attached hydrogen (secondary N) is 1. The number of ether oxygens (including phenoxy) is 1. The van der Waals surface area contributed by atoms with Gasteiger partial charge in [-0.2, -0.15) is 0 Å². The largest absolute Gasteiger partial charge is 0.494 e. The van der Waals surface area contributed by atoms with E-state index in [1.165, 1.54) is 4.90 Å². The summed E-state index contributed by atoms with van der Waals surface area (Å²) in [5.74, 6) is -0.407. The van der Waals surface area contributed by atoms with Gasteiger partial charge in [-0.25, -0.2) is 0 Å². The van der Waals surface area contributed by atoms with E-state index in [9.17, 15) is 9.59 Å². The maximum atomic E-state index is 13.4. The molecule has 0 atom stereocenters. The van der Waals surface area contributed by atoms with E-state index >= 15 is 0 Å². The molecule has 1 fully saturated rings. The third-order valence-corrected chi connectivity index (χ3v) is 5.86. The number of thiocarbonyl (C=S) groups is 1. The van der Waals surface area contributed by atoms with E-state index in [-0.39, 0.29) is 10.7 Å². The van der Waals surface area contributed by atoms with Crippen molar-refractivity contribution in [3.8, 4) is 11.4 Å². The zero-order valence-corrected chi connectivity index (χ0v) is 19.2. The number of fused-ring (bicyclic) bond motifs is 1. The number of amides is 2. The Morgan fingerprint density at radius 2 is 1.74 bits per heavy atom. The second-order valence-corrected chi connectivity index (χ2v) is 8.11. The van der Waals surface area contributed by atoms with E-state index in [1.54, 1.807) is 30.3 Å². The summed E-state index contributed by atoms with van der Waals surface area (Å²) in [5.41, 5.74) is 2.15. The number of hydrogen-bond donors (Lipinski definition) is 1. The molecule has 1 aromatic heterocycles. The molecular weight excluding hydrogens is 446 g/mol. The highest BCUT2D eigenvalue weighted by molar-refractivity contribution is 7.80. The van der Waals surface area contributed by atoms with Crippen molar-refractivity contribution in [3.05, 3.63) is 96.3 Å². The van der Waals surface area contributed by atoms with Crippen LogP contribution in [0.2, 0.25) is 0 Å². The predicted molar refractivity (Wildman–Crippen MR) is 137 cm³/mol. The van der Waals surface area contributed by atoms with Crippen molar-refractivity contribution in [3.63, 3.8) is 0 Å². The Balaban J connectivity index is 1.53. The van der Waals surface area contributed by atoms with Crippen LogP contribution < -0.4 is 15.0 Å². The highest BCUT2D eigenvalue weighted by Gasteiger charge is 2.34. The number of anilines is 1. The van der Waals surface area contributed by atoms with Crippen molar-refractivity contribution >= 4 is 51.7 Å². The molecule has 0 bridgehead atoms. The van der Waals surface area contributed by atoms with E-state index in [0.717, 1.165) is 16.5 Å². The summed E-state index contributed by atoms with van der Waals surface area (Å²) in [6.07, 6.45) is 3.49. The molecule has 5 rings (SSSR count). The van der Waals surface area contributed by atoms with Gasteiger partial charge in [-0.05, 0) is 72.4 Å². The standard InChI is InChI=1S/C27H21N3O3S/c1-2-33-23-11-5-9-22(16-23)30-26(32)24(25(31)28-27(30)34)17-20-10-6-14-29(20)21-13-12-18-7-3-4-8-19(18)15-21/h3-17H,2H2,1H3,(H,28,31,34)/b24-17+. The Bertz CT molecular complexity index is 1470. The molecule has 0 saturated carbocycles. The van der Waals surface area contributed by atoms with Gasteiger partial charge in [0.25, 0.3) is 11.8 Å².